The summed E-state index contributed by atoms with van der Waals surface area (Å²) >= 11 is 0. The number of morpholine rings is 1. The summed E-state index contributed by atoms with van der Waals surface area (Å²) in [6.45, 7) is 11.7. The van der Waals surface area contributed by atoms with Gasteiger partial charge in [0.25, 0.3) is 5.91 Å². The maximum Gasteiger partial charge on any atom is 0.255 e. The van der Waals surface area contributed by atoms with Crippen molar-refractivity contribution in [1.82, 2.24) is 9.88 Å². The molecule has 1 aromatic heterocycles. The lowest BCUT2D eigenvalue weighted by molar-refractivity contribution is 0.0302. The molecule has 24 heavy (non-hydrogen) atoms. The van der Waals surface area contributed by atoms with Crippen molar-refractivity contribution in [3.05, 3.63) is 23.9 Å². The van der Waals surface area contributed by atoms with Gasteiger partial charge in [-0.05, 0) is 36.3 Å². The smallest absolute Gasteiger partial charge is 0.255 e. The number of amides is 1. The first kappa shape index (κ1) is 17.2. The van der Waals surface area contributed by atoms with E-state index in [1.54, 1.807) is 6.20 Å². The minimum atomic E-state index is 0.0591. The molecule has 2 aliphatic heterocycles. The summed E-state index contributed by atoms with van der Waals surface area (Å²) in [6, 6.07) is 3.90. The van der Waals surface area contributed by atoms with E-state index in [9.17, 15) is 4.79 Å². The number of carbonyl (C=O) groups excluding carboxylic acids is 1. The zero-order valence-corrected chi connectivity index (χ0v) is 15.1. The van der Waals surface area contributed by atoms with Crippen LogP contribution in [0.15, 0.2) is 18.3 Å². The number of piperidine rings is 1. The molecule has 5 nitrogen and oxygen atoms in total. The molecule has 1 aromatic rings. The molecule has 2 aliphatic rings. The highest BCUT2D eigenvalue weighted by molar-refractivity contribution is 5.94. The Morgan fingerprint density at radius 1 is 1.12 bits per heavy atom. The monoisotopic (exact) mass is 331 g/mol. The van der Waals surface area contributed by atoms with Gasteiger partial charge in [0.1, 0.15) is 5.82 Å². The molecule has 0 bridgehead atoms. The van der Waals surface area contributed by atoms with Crippen molar-refractivity contribution in [1.29, 1.82) is 0 Å². The standard InChI is InChI=1S/C19H29N3O2/c1-19(2,3)16-6-8-21(9-7-16)17-5-4-15(14-20-17)18(23)22-10-12-24-13-11-22/h4-5,14,16H,6-13H2,1-3H3. The Morgan fingerprint density at radius 2 is 1.79 bits per heavy atom. The molecule has 0 atom stereocenters. The van der Waals surface area contributed by atoms with Crippen molar-refractivity contribution in [2.75, 3.05) is 44.3 Å². The highest BCUT2D eigenvalue weighted by Crippen LogP contribution is 2.35. The Morgan fingerprint density at radius 3 is 2.33 bits per heavy atom. The summed E-state index contributed by atoms with van der Waals surface area (Å²) in [7, 11) is 0. The third kappa shape index (κ3) is 3.89. The molecule has 132 valence electrons. The summed E-state index contributed by atoms with van der Waals surface area (Å²) in [5.41, 5.74) is 1.05. The van der Waals surface area contributed by atoms with Crippen LogP contribution >= 0.6 is 0 Å². The van der Waals surface area contributed by atoms with Crippen LogP contribution in [0.25, 0.3) is 0 Å². The fraction of sp³-hybridized carbons (Fsp3) is 0.684. The Bertz CT molecular complexity index is 551. The van der Waals surface area contributed by atoms with Gasteiger partial charge in [0.2, 0.25) is 0 Å². The first-order valence-electron chi connectivity index (χ1n) is 9.03. The number of pyridine rings is 1. The van der Waals surface area contributed by atoms with Crippen molar-refractivity contribution in [3.63, 3.8) is 0 Å². The second-order valence-corrected chi connectivity index (χ2v) is 7.94. The number of nitrogens with zero attached hydrogens (tertiary/aromatic N) is 3. The van der Waals surface area contributed by atoms with E-state index in [1.165, 1.54) is 12.8 Å². The number of carbonyl (C=O) groups is 1. The highest BCUT2D eigenvalue weighted by atomic mass is 16.5. The third-order valence-corrected chi connectivity index (χ3v) is 5.34. The summed E-state index contributed by atoms with van der Waals surface area (Å²) in [4.78, 5) is 21.2. The quantitative estimate of drug-likeness (QED) is 0.836. The average Bonchev–Trinajstić information content (AvgIpc) is 2.61. The summed E-state index contributed by atoms with van der Waals surface area (Å²) in [5.74, 6) is 1.82. The first-order valence-corrected chi connectivity index (χ1v) is 9.03. The molecule has 2 fully saturated rings. The Balaban J connectivity index is 1.60. The number of ether oxygens (including phenoxy) is 1. The van der Waals surface area contributed by atoms with Crippen molar-refractivity contribution in [3.8, 4) is 0 Å². The fourth-order valence-electron chi connectivity index (χ4n) is 3.62. The number of hydrogen-bond donors (Lipinski definition) is 0. The van der Waals surface area contributed by atoms with E-state index >= 15 is 0 Å². The average molecular weight is 331 g/mol. The Kier molecular flexibility index (Phi) is 5.09. The highest BCUT2D eigenvalue weighted by Gasteiger charge is 2.29. The minimum Gasteiger partial charge on any atom is -0.378 e. The van der Waals surface area contributed by atoms with Crippen LogP contribution < -0.4 is 4.90 Å². The van der Waals surface area contributed by atoms with Gasteiger partial charge in [-0.3, -0.25) is 4.79 Å². The predicted octanol–water partition coefficient (Wildman–Crippen LogP) is 2.82. The summed E-state index contributed by atoms with van der Waals surface area (Å²) < 4.78 is 5.30. The van der Waals surface area contributed by atoms with Crippen molar-refractivity contribution < 1.29 is 9.53 Å². The van der Waals surface area contributed by atoms with Crippen LogP contribution in [0, 0.1) is 11.3 Å². The van der Waals surface area contributed by atoms with Crippen LogP contribution in [-0.4, -0.2) is 55.2 Å². The zero-order valence-electron chi connectivity index (χ0n) is 15.1. The van der Waals surface area contributed by atoms with E-state index in [-0.39, 0.29) is 5.91 Å². The minimum absolute atomic E-state index is 0.0591. The van der Waals surface area contributed by atoms with Crippen molar-refractivity contribution in [2.24, 2.45) is 11.3 Å². The number of anilines is 1. The molecule has 2 saturated heterocycles. The van der Waals surface area contributed by atoms with E-state index in [2.05, 4.69) is 30.7 Å². The topological polar surface area (TPSA) is 45.7 Å². The maximum absolute atomic E-state index is 12.5. The molecule has 3 heterocycles. The lowest BCUT2D eigenvalue weighted by Gasteiger charge is -2.39. The molecule has 3 rings (SSSR count). The largest absolute Gasteiger partial charge is 0.378 e. The lowest BCUT2D eigenvalue weighted by Crippen LogP contribution is -2.41. The molecule has 0 aromatic carbocycles. The molecule has 0 aliphatic carbocycles. The Hall–Kier alpha value is -1.62. The zero-order chi connectivity index (χ0) is 17.2. The van der Waals surface area contributed by atoms with Gasteiger partial charge in [-0.15, -0.1) is 0 Å². The van der Waals surface area contributed by atoms with Crippen LogP contribution in [0.1, 0.15) is 44.0 Å². The van der Waals surface area contributed by atoms with Crippen molar-refractivity contribution in [2.45, 2.75) is 33.6 Å². The van der Waals surface area contributed by atoms with Crippen LogP contribution in [0.5, 0.6) is 0 Å². The lowest BCUT2D eigenvalue weighted by atomic mass is 9.75. The van der Waals surface area contributed by atoms with Crippen LogP contribution in [0.3, 0.4) is 0 Å². The van der Waals surface area contributed by atoms with Gasteiger partial charge in [-0.25, -0.2) is 4.98 Å². The van der Waals surface area contributed by atoms with Crippen LogP contribution in [0.2, 0.25) is 0 Å². The number of hydrogen-bond acceptors (Lipinski definition) is 4. The van der Waals surface area contributed by atoms with Gasteiger partial charge < -0.3 is 14.5 Å². The van der Waals surface area contributed by atoms with Gasteiger partial charge in [0.05, 0.1) is 18.8 Å². The molecular weight excluding hydrogens is 302 g/mol. The summed E-state index contributed by atoms with van der Waals surface area (Å²) in [5, 5.41) is 0. The SMILES string of the molecule is CC(C)(C)C1CCN(c2ccc(C(=O)N3CCOCC3)cn2)CC1. The molecule has 0 N–H and O–H groups in total. The third-order valence-electron chi connectivity index (χ3n) is 5.34. The van der Waals surface area contributed by atoms with Gasteiger partial charge in [-0.1, -0.05) is 20.8 Å². The van der Waals surface area contributed by atoms with Gasteiger partial charge in [0, 0.05) is 32.4 Å². The van der Waals surface area contributed by atoms with Gasteiger partial charge >= 0.3 is 0 Å². The van der Waals surface area contributed by atoms with E-state index < -0.39 is 0 Å². The molecule has 0 radical (unpaired) electrons. The molecule has 5 heteroatoms. The molecule has 0 unspecified atom stereocenters. The fourth-order valence-corrected chi connectivity index (χ4v) is 3.62. The number of aromatic nitrogens is 1. The van der Waals surface area contributed by atoms with E-state index in [0.29, 0.717) is 37.3 Å². The summed E-state index contributed by atoms with van der Waals surface area (Å²) in [6.07, 6.45) is 4.14. The van der Waals surface area contributed by atoms with Crippen LogP contribution in [0.4, 0.5) is 5.82 Å². The molecule has 1 amide bonds. The van der Waals surface area contributed by atoms with Gasteiger partial charge in [-0.2, -0.15) is 0 Å². The first-order chi connectivity index (χ1) is 11.4. The molecule has 0 saturated carbocycles. The second-order valence-electron chi connectivity index (χ2n) is 7.94. The molecule has 0 spiro atoms. The van der Waals surface area contributed by atoms with E-state index in [0.717, 1.165) is 24.8 Å². The van der Waals surface area contributed by atoms with Crippen LogP contribution in [-0.2, 0) is 4.74 Å². The second kappa shape index (κ2) is 7.09. The van der Waals surface area contributed by atoms with E-state index in [4.69, 9.17) is 4.74 Å². The van der Waals surface area contributed by atoms with Gasteiger partial charge in [0.15, 0.2) is 0 Å². The predicted molar refractivity (Wildman–Crippen MR) is 95.4 cm³/mol. The van der Waals surface area contributed by atoms with E-state index in [1.807, 2.05) is 17.0 Å². The normalized spacial score (nSPS) is 20.3. The number of rotatable bonds is 2. The van der Waals surface area contributed by atoms with Crippen molar-refractivity contribution >= 4 is 11.7 Å². The maximum atomic E-state index is 12.5. The molecular formula is C19H29N3O2. The Labute approximate surface area is 145 Å².